The smallest absolute Gasteiger partial charge is 0.306 e. The summed E-state index contributed by atoms with van der Waals surface area (Å²) in [7, 11) is 0. The fraction of sp³-hybridized carbons (Fsp3) is 0.945. The minimum atomic E-state index is -0.762. The Labute approximate surface area is 380 Å². The van der Waals surface area contributed by atoms with E-state index in [4.69, 9.17) is 14.2 Å². The van der Waals surface area contributed by atoms with E-state index in [9.17, 15) is 14.4 Å². The van der Waals surface area contributed by atoms with Gasteiger partial charge in [0, 0.05) is 19.3 Å². The van der Waals surface area contributed by atoms with E-state index in [1.165, 1.54) is 193 Å². The van der Waals surface area contributed by atoms with Crippen LogP contribution in [0.5, 0.6) is 0 Å². The van der Waals surface area contributed by atoms with Gasteiger partial charge in [0.15, 0.2) is 6.10 Å². The lowest BCUT2D eigenvalue weighted by molar-refractivity contribution is -0.167. The normalized spacial score (nSPS) is 12.5. The number of rotatable bonds is 49. The highest BCUT2D eigenvalue weighted by atomic mass is 16.6. The van der Waals surface area contributed by atoms with Crippen LogP contribution in [0.1, 0.15) is 304 Å². The minimum Gasteiger partial charge on any atom is -0.462 e. The molecule has 0 aromatic heterocycles. The van der Waals surface area contributed by atoms with Gasteiger partial charge in [0.05, 0.1) is 0 Å². The van der Waals surface area contributed by atoms with E-state index in [0.29, 0.717) is 19.3 Å². The maximum atomic E-state index is 12.8. The summed E-state index contributed by atoms with van der Waals surface area (Å²) >= 11 is 0. The largest absolute Gasteiger partial charge is 0.462 e. The van der Waals surface area contributed by atoms with Crippen molar-refractivity contribution in [1.82, 2.24) is 0 Å². The molecule has 61 heavy (non-hydrogen) atoms. The number of esters is 3. The average molecular weight is 863 g/mol. The van der Waals surface area contributed by atoms with Gasteiger partial charge in [-0.3, -0.25) is 14.4 Å². The average Bonchev–Trinajstić information content (AvgIpc) is 3.24. The zero-order valence-electron chi connectivity index (χ0n) is 41.8. The zero-order chi connectivity index (χ0) is 44.7. The maximum Gasteiger partial charge on any atom is 0.306 e. The molecule has 0 saturated carbocycles. The molecule has 0 radical (unpaired) electrons. The summed E-state index contributed by atoms with van der Waals surface area (Å²) in [4.78, 5) is 38.0. The van der Waals surface area contributed by atoms with Crippen molar-refractivity contribution < 1.29 is 28.6 Å². The van der Waals surface area contributed by atoms with Crippen molar-refractivity contribution in [3.05, 3.63) is 0 Å². The van der Waals surface area contributed by atoms with Gasteiger partial charge in [0.1, 0.15) is 13.2 Å². The lowest BCUT2D eigenvalue weighted by atomic mass is 9.99. The quantitative estimate of drug-likeness (QED) is 0.0344. The maximum absolute atomic E-state index is 12.8. The Hall–Kier alpha value is -1.59. The Morgan fingerprint density at radius 1 is 0.344 bits per heavy atom. The van der Waals surface area contributed by atoms with Crippen LogP contribution in [0, 0.1) is 11.8 Å². The molecule has 1 unspecified atom stereocenters. The van der Waals surface area contributed by atoms with Gasteiger partial charge < -0.3 is 14.2 Å². The molecule has 0 heterocycles. The minimum absolute atomic E-state index is 0.0637. The number of carbonyl (C=O) groups is 3. The molecule has 6 heteroatoms. The molecule has 0 spiro atoms. The van der Waals surface area contributed by atoms with Gasteiger partial charge in [-0.15, -0.1) is 0 Å². The zero-order valence-corrected chi connectivity index (χ0v) is 41.8. The molecule has 0 saturated heterocycles. The lowest BCUT2D eigenvalue weighted by Crippen LogP contribution is -2.30. The van der Waals surface area contributed by atoms with E-state index < -0.39 is 6.10 Å². The number of carbonyl (C=O) groups excluding carboxylic acids is 3. The van der Waals surface area contributed by atoms with Crippen molar-refractivity contribution in [2.75, 3.05) is 13.2 Å². The molecule has 0 aromatic rings. The van der Waals surface area contributed by atoms with Gasteiger partial charge in [0.25, 0.3) is 0 Å². The van der Waals surface area contributed by atoms with Crippen LogP contribution in [0.25, 0.3) is 0 Å². The second-order valence-electron chi connectivity index (χ2n) is 19.6. The Bertz CT molecular complexity index is 933. The van der Waals surface area contributed by atoms with Crippen LogP contribution in [-0.2, 0) is 28.6 Å². The van der Waals surface area contributed by atoms with E-state index in [1.54, 1.807) is 0 Å². The predicted octanol–water partition coefficient (Wildman–Crippen LogP) is 17.7. The summed E-state index contributed by atoms with van der Waals surface area (Å²) in [5, 5.41) is 0. The van der Waals surface area contributed by atoms with Gasteiger partial charge in [0.2, 0.25) is 0 Å². The number of unbranched alkanes of at least 4 members (excludes halogenated alkanes) is 33. The molecular weight excluding hydrogens is 757 g/mol. The van der Waals surface area contributed by atoms with Crippen molar-refractivity contribution >= 4 is 17.9 Å². The summed E-state index contributed by atoms with van der Waals surface area (Å²) in [6.45, 7) is 11.4. The molecule has 362 valence electrons. The van der Waals surface area contributed by atoms with Crippen molar-refractivity contribution in [3.8, 4) is 0 Å². The van der Waals surface area contributed by atoms with Crippen molar-refractivity contribution in [2.24, 2.45) is 11.8 Å². The van der Waals surface area contributed by atoms with Crippen LogP contribution in [0.15, 0.2) is 0 Å². The number of ether oxygens (including phenoxy) is 3. The molecule has 0 rings (SSSR count). The van der Waals surface area contributed by atoms with Crippen molar-refractivity contribution in [2.45, 2.75) is 310 Å². The number of hydrogen-bond donors (Lipinski definition) is 0. The second kappa shape index (κ2) is 47.9. The van der Waals surface area contributed by atoms with Gasteiger partial charge in [-0.1, -0.05) is 266 Å². The summed E-state index contributed by atoms with van der Waals surface area (Å²) in [6, 6.07) is 0. The summed E-state index contributed by atoms with van der Waals surface area (Å²) in [5.74, 6) is 0.830. The standard InChI is InChI=1S/C55H106O6/c1-6-8-9-10-11-12-13-14-15-20-23-26-31-37-42-47-55(58)61-52(49-60-54(57)46-41-36-32-27-28-33-38-43-50(3)4)48-59-53(56)45-40-35-30-25-22-19-17-16-18-21-24-29-34-39-44-51(5)7-2/h50-52H,6-49H2,1-5H3/t51?,52-/m0/s1. The molecule has 0 aliphatic heterocycles. The molecule has 0 aliphatic carbocycles. The van der Waals surface area contributed by atoms with Crippen molar-refractivity contribution in [1.29, 1.82) is 0 Å². The molecule has 2 atom stereocenters. The Balaban J connectivity index is 4.26. The predicted molar refractivity (Wildman–Crippen MR) is 261 cm³/mol. The SMILES string of the molecule is CCCCCCCCCCCCCCCCCC(=O)O[C@@H](COC(=O)CCCCCCCCCCCCCCCCC(C)CC)COC(=O)CCCCCCCCCC(C)C. The topological polar surface area (TPSA) is 78.9 Å². The highest BCUT2D eigenvalue weighted by Gasteiger charge is 2.19. The molecule has 0 N–H and O–H groups in total. The van der Waals surface area contributed by atoms with Crippen LogP contribution in [-0.4, -0.2) is 37.2 Å². The van der Waals surface area contributed by atoms with Gasteiger partial charge in [-0.05, 0) is 31.1 Å². The molecule has 0 aromatic carbocycles. The van der Waals surface area contributed by atoms with E-state index >= 15 is 0 Å². The number of hydrogen-bond acceptors (Lipinski definition) is 6. The Morgan fingerprint density at radius 2 is 0.623 bits per heavy atom. The molecule has 6 nitrogen and oxygen atoms in total. The molecule has 0 bridgehead atoms. The van der Waals surface area contributed by atoms with Crippen molar-refractivity contribution in [3.63, 3.8) is 0 Å². The third-order valence-corrected chi connectivity index (χ3v) is 12.8. The highest BCUT2D eigenvalue weighted by Crippen LogP contribution is 2.18. The van der Waals surface area contributed by atoms with Crippen LogP contribution in [0.4, 0.5) is 0 Å². The fourth-order valence-electron chi connectivity index (χ4n) is 8.31. The lowest BCUT2D eigenvalue weighted by Gasteiger charge is -2.18. The van der Waals surface area contributed by atoms with Gasteiger partial charge in [-0.25, -0.2) is 0 Å². The molecule has 0 aliphatic rings. The summed E-state index contributed by atoms with van der Waals surface area (Å²) < 4.78 is 16.8. The molecule has 0 amide bonds. The van der Waals surface area contributed by atoms with E-state index in [0.717, 1.165) is 69.6 Å². The monoisotopic (exact) mass is 863 g/mol. The van der Waals surface area contributed by atoms with Crippen LogP contribution >= 0.6 is 0 Å². The first-order valence-electron chi connectivity index (χ1n) is 27.3. The highest BCUT2D eigenvalue weighted by molar-refractivity contribution is 5.71. The third kappa shape index (κ3) is 47.7. The van der Waals surface area contributed by atoms with Gasteiger partial charge >= 0.3 is 17.9 Å². The second-order valence-corrected chi connectivity index (χ2v) is 19.6. The van der Waals surface area contributed by atoms with Crippen LogP contribution in [0.2, 0.25) is 0 Å². The Morgan fingerprint density at radius 3 is 0.934 bits per heavy atom. The third-order valence-electron chi connectivity index (χ3n) is 12.8. The van der Waals surface area contributed by atoms with E-state index in [2.05, 4.69) is 34.6 Å². The van der Waals surface area contributed by atoms with Gasteiger partial charge in [-0.2, -0.15) is 0 Å². The van der Waals surface area contributed by atoms with E-state index in [1.807, 2.05) is 0 Å². The van der Waals surface area contributed by atoms with Crippen LogP contribution in [0.3, 0.4) is 0 Å². The Kier molecular flexibility index (Phi) is 46.6. The molecule has 0 fully saturated rings. The first-order valence-corrected chi connectivity index (χ1v) is 27.3. The first kappa shape index (κ1) is 59.4. The summed E-state index contributed by atoms with van der Waals surface area (Å²) in [5.41, 5.74) is 0. The summed E-state index contributed by atoms with van der Waals surface area (Å²) in [6.07, 6.45) is 49.5. The van der Waals surface area contributed by atoms with Crippen LogP contribution < -0.4 is 0 Å². The fourth-order valence-corrected chi connectivity index (χ4v) is 8.31. The molecular formula is C55H106O6. The van der Waals surface area contributed by atoms with E-state index in [-0.39, 0.29) is 31.1 Å². The first-order chi connectivity index (χ1) is 29.8.